The van der Waals surface area contributed by atoms with E-state index in [4.69, 9.17) is 4.74 Å². The summed E-state index contributed by atoms with van der Waals surface area (Å²) in [5, 5.41) is 0. The third-order valence-corrected chi connectivity index (χ3v) is 2.67. The molecule has 0 radical (unpaired) electrons. The van der Waals surface area contributed by atoms with Gasteiger partial charge in [-0.2, -0.15) is 0 Å². The highest BCUT2D eigenvalue weighted by atomic mass is 16.5. The topological polar surface area (TPSA) is 26.3 Å². The van der Waals surface area contributed by atoms with Crippen LogP contribution in [-0.2, 0) is 9.53 Å². The third-order valence-electron chi connectivity index (χ3n) is 2.67. The van der Waals surface area contributed by atoms with Gasteiger partial charge < -0.3 is 4.74 Å². The van der Waals surface area contributed by atoms with Crippen molar-refractivity contribution in [3.8, 4) is 0 Å². The van der Waals surface area contributed by atoms with Crippen LogP contribution in [0, 0.1) is 0 Å². The highest BCUT2D eigenvalue weighted by Gasteiger charge is 2.22. The molecule has 1 aliphatic heterocycles. The predicted octanol–water partition coefficient (Wildman–Crippen LogP) is 3.40. The Morgan fingerprint density at radius 1 is 1.31 bits per heavy atom. The molecule has 84 valence electrons. The molecular formula is C14H16O2. The Morgan fingerprint density at radius 3 is 2.75 bits per heavy atom. The van der Waals surface area contributed by atoms with E-state index in [2.05, 4.69) is 6.92 Å². The molecule has 1 aromatic carbocycles. The molecule has 0 N–H and O–H groups in total. The van der Waals surface area contributed by atoms with Gasteiger partial charge in [-0.15, -0.1) is 0 Å². The molecule has 2 nitrogen and oxygen atoms in total. The molecule has 0 saturated carbocycles. The first kappa shape index (κ1) is 10.9. The minimum atomic E-state index is -0.0970. The maximum absolute atomic E-state index is 11.6. The van der Waals surface area contributed by atoms with E-state index in [-0.39, 0.29) is 11.9 Å². The number of rotatable bonds is 3. The minimum Gasteiger partial charge on any atom is -0.489 e. The van der Waals surface area contributed by atoms with Crippen molar-refractivity contribution in [3.63, 3.8) is 0 Å². The normalized spacial score (nSPS) is 20.2. The summed E-state index contributed by atoms with van der Waals surface area (Å²) < 4.78 is 5.82. The highest BCUT2D eigenvalue weighted by molar-refractivity contribution is 5.91. The molecule has 0 bridgehead atoms. The van der Waals surface area contributed by atoms with Crippen LogP contribution in [0.3, 0.4) is 0 Å². The fourth-order valence-corrected chi connectivity index (χ4v) is 1.91. The molecule has 16 heavy (non-hydrogen) atoms. The molecule has 1 aliphatic rings. The molecule has 0 fully saturated rings. The van der Waals surface area contributed by atoms with Crippen LogP contribution < -0.4 is 0 Å². The van der Waals surface area contributed by atoms with Crippen molar-refractivity contribution < 1.29 is 9.53 Å². The summed E-state index contributed by atoms with van der Waals surface area (Å²) in [6.45, 7) is 2.08. The Labute approximate surface area is 95.9 Å². The largest absolute Gasteiger partial charge is 0.489 e. The summed E-state index contributed by atoms with van der Waals surface area (Å²) in [6, 6.07) is 9.93. The first-order chi connectivity index (χ1) is 7.79. The van der Waals surface area contributed by atoms with Gasteiger partial charge in [0.05, 0.1) is 6.42 Å². The van der Waals surface area contributed by atoms with Crippen LogP contribution in [0.1, 0.15) is 37.9 Å². The quantitative estimate of drug-likeness (QED) is 0.774. The molecule has 1 heterocycles. The van der Waals surface area contributed by atoms with Crippen molar-refractivity contribution in [1.82, 2.24) is 0 Å². The first-order valence-electron chi connectivity index (χ1n) is 5.74. The molecule has 1 aromatic rings. The lowest BCUT2D eigenvalue weighted by atomic mass is 10.0. The molecule has 0 aromatic heterocycles. The fraction of sp³-hybridized carbons (Fsp3) is 0.357. The summed E-state index contributed by atoms with van der Waals surface area (Å²) in [7, 11) is 0. The maximum Gasteiger partial charge on any atom is 0.163 e. The van der Waals surface area contributed by atoms with Crippen molar-refractivity contribution in [2.45, 2.75) is 32.3 Å². The van der Waals surface area contributed by atoms with Crippen LogP contribution in [0.25, 0.3) is 0 Å². The lowest BCUT2D eigenvalue weighted by molar-refractivity contribution is -0.118. The summed E-state index contributed by atoms with van der Waals surface area (Å²) in [6.07, 6.45) is 3.84. The molecule has 0 saturated heterocycles. The monoisotopic (exact) mass is 216 g/mol. The first-order valence-corrected chi connectivity index (χ1v) is 5.74. The number of allylic oxidation sites excluding steroid dienone is 2. The molecule has 0 spiro atoms. The van der Waals surface area contributed by atoms with Crippen molar-refractivity contribution >= 4 is 5.78 Å². The van der Waals surface area contributed by atoms with Crippen molar-refractivity contribution in [1.29, 1.82) is 0 Å². The third kappa shape index (κ3) is 2.51. The van der Waals surface area contributed by atoms with E-state index in [0.29, 0.717) is 6.42 Å². The van der Waals surface area contributed by atoms with Crippen LogP contribution in [0.4, 0.5) is 0 Å². The number of hydrogen-bond acceptors (Lipinski definition) is 2. The van der Waals surface area contributed by atoms with E-state index < -0.39 is 0 Å². The number of carbonyl (C=O) groups excluding carboxylic acids is 1. The van der Waals surface area contributed by atoms with Crippen LogP contribution in [-0.4, -0.2) is 5.78 Å². The second-order valence-corrected chi connectivity index (χ2v) is 4.05. The second-order valence-electron chi connectivity index (χ2n) is 4.05. The zero-order valence-electron chi connectivity index (χ0n) is 9.48. The Hall–Kier alpha value is -1.57. The Kier molecular flexibility index (Phi) is 3.40. The zero-order chi connectivity index (χ0) is 11.4. The number of ketones is 1. The summed E-state index contributed by atoms with van der Waals surface area (Å²) >= 11 is 0. The summed E-state index contributed by atoms with van der Waals surface area (Å²) in [4.78, 5) is 11.6. The zero-order valence-corrected chi connectivity index (χ0v) is 9.48. The summed E-state index contributed by atoms with van der Waals surface area (Å²) in [5.41, 5.74) is 1.08. The molecule has 2 heteroatoms. The molecule has 2 rings (SSSR count). The summed E-state index contributed by atoms with van der Waals surface area (Å²) in [5.74, 6) is 0.996. The van der Waals surface area contributed by atoms with E-state index in [1.807, 2.05) is 30.3 Å². The van der Waals surface area contributed by atoms with E-state index in [1.165, 1.54) is 0 Å². The van der Waals surface area contributed by atoms with Gasteiger partial charge in [0.2, 0.25) is 0 Å². The maximum atomic E-state index is 11.6. The number of ether oxygens (including phenoxy) is 1. The lowest BCUT2D eigenvalue weighted by Crippen LogP contribution is -2.15. The smallest absolute Gasteiger partial charge is 0.163 e. The van der Waals surface area contributed by atoms with Gasteiger partial charge in [0, 0.05) is 12.5 Å². The highest BCUT2D eigenvalue weighted by Crippen LogP contribution is 2.29. The Balaban J connectivity index is 2.15. The molecule has 0 aliphatic carbocycles. The van der Waals surface area contributed by atoms with Gasteiger partial charge in [-0.25, -0.2) is 0 Å². The van der Waals surface area contributed by atoms with E-state index >= 15 is 0 Å². The average Bonchev–Trinajstić information content (AvgIpc) is 2.30. The SMILES string of the molecule is CCCC1=CC(=O)CC(c2ccccc2)O1. The average molecular weight is 216 g/mol. The van der Waals surface area contributed by atoms with Gasteiger partial charge >= 0.3 is 0 Å². The van der Waals surface area contributed by atoms with Gasteiger partial charge in [0.15, 0.2) is 5.78 Å². The minimum absolute atomic E-state index is 0.0970. The van der Waals surface area contributed by atoms with Crippen molar-refractivity contribution in [2.24, 2.45) is 0 Å². The van der Waals surface area contributed by atoms with Gasteiger partial charge in [0.1, 0.15) is 11.9 Å². The van der Waals surface area contributed by atoms with Crippen LogP contribution in [0.5, 0.6) is 0 Å². The van der Waals surface area contributed by atoms with Crippen LogP contribution >= 0.6 is 0 Å². The van der Waals surface area contributed by atoms with Gasteiger partial charge in [-0.1, -0.05) is 37.3 Å². The number of carbonyl (C=O) groups is 1. The van der Waals surface area contributed by atoms with E-state index in [9.17, 15) is 4.79 Å². The number of benzene rings is 1. The van der Waals surface area contributed by atoms with Gasteiger partial charge in [-0.3, -0.25) is 4.79 Å². The molecule has 1 atom stereocenters. The number of hydrogen-bond donors (Lipinski definition) is 0. The molecule has 1 unspecified atom stereocenters. The van der Waals surface area contributed by atoms with E-state index in [1.54, 1.807) is 6.08 Å². The second kappa shape index (κ2) is 4.97. The lowest BCUT2D eigenvalue weighted by Gasteiger charge is -2.24. The van der Waals surface area contributed by atoms with Crippen molar-refractivity contribution in [2.75, 3.05) is 0 Å². The van der Waals surface area contributed by atoms with Crippen LogP contribution in [0.15, 0.2) is 42.2 Å². The van der Waals surface area contributed by atoms with E-state index in [0.717, 1.165) is 24.2 Å². The van der Waals surface area contributed by atoms with Crippen LogP contribution in [0.2, 0.25) is 0 Å². The predicted molar refractivity (Wildman–Crippen MR) is 62.9 cm³/mol. The van der Waals surface area contributed by atoms with Crippen molar-refractivity contribution in [3.05, 3.63) is 47.7 Å². The fourth-order valence-electron chi connectivity index (χ4n) is 1.91. The van der Waals surface area contributed by atoms with Gasteiger partial charge in [-0.05, 0) is 12.0 Å². The molecule has 0 amide bonds. The molecular weight excluding hydrogens is 200 g/mol. The van der Waals surface area contributed by atoms with Gasteiger partial charge in [0.25, 0.3) is 0 Å². The Bertz CT molecular complexity index is 392. The standard InChI is InChI=1S/C14H16O2/c1-2-6-13-9-12(15)10-14(16-13)11-7-4-3-5-8-11/h3-5,7-9,14H,2,6,10H2,1H3. The Morgan fingerprint density at radius 2 is 2.06 bits per heavy atom.